The molecule has 15 heavy (non-hydrogen) atoms. The maximum absolute atomic E-state index is 10.8. The fourth-order valence-corrected chi connectivity index (χ4v) is 1.61. The summed E-state index contributed by atoms with van der Waals surface area (Å²) in [6, 6.07) is 0. The van der Waals surface area contributed by atoms with Gasteiger partial charge in [0.1, 0.15) is 0 Å². The standard InChI is InChI=1S/C4H10O9S2/c1-4(2,3)10-14(6,7)12-13-15(8,9)11-5/h5H,1-3H3. The number of hydrogen-bond donors (Lipinski definition) is 1. The number of hydrogen-bond acceptors (Lipinski definition) is 9. The van der Waals surface area contributed by atoms with Gasteiger partial charge in [-0.2, -0.15) is 16.8 Å². The van der Waals surface area contributed by atoms with Crippen LogP contribution >= 0.6 is 0 Å². The minimum atomic E-state index is -4.93. The maximum atomic E-state index is 10.8. The first kappa shape index (κ1) is 14.7. The summed E-state index contributed by atoms with van der Waals surface area (Å²) in [5.41, 5.74) is -1.13. The van der Waals surface area contributed by atoms with E-state index in [1.165, 1.54) is 20.8 Å². The van der Waals surface area contributed by atoms with Gasteiger partial charge < -0.3 is 0 Å². The van der Waals surface area contributed by atoms with Gasteiger partial charge in [0.15, 0.2) is 0 Å². The minimum absolute atomic E-state index is 1.13. The Morgan fingerprint density at radius 1 is 0.933 bits per heavy atom. The largest absolute Gasteiger partial charge is 0.454 e. The lowest BCUT2D eigenvalue weighted by atomic mass is 10.2. The van der Waals surface area contributed by atoms with E-state index in [0.717, 1.165) is 0 Å². The average Bonchev–Trinajstić information content (AvgIpc) is 1.97. The molecule has 11 heteroatoms. The van der Waals surface area contributed by atoms with Crippen LogP contribution in [0.3, 0.4) is 0 Å². The molecule has 0 unspecified atom stereocenters. The summed E-state index contributed by atoms with van der Waals surface area (Å²) < 4.78 is 56.0. The highest BCUT2D eigenvalue weighted by Gasteiger charge is 2.27. The Hall–Kier alpha value is -0.300. The molecule has 0 saturated carbocycles. The molecule has 0 aromatic carbocycles. The van der Waals surface area contributed by atoms with Crippen molar-refractivity contribution in [3.05, 3.63) is 0 Å². The van der Waals surface area contributed by atoms with Crippen LogP contribution in [0.5, 0.6) is 0 Å². The van der Waals surface area contributed by atoms with Gasteiger partial charge in [-0.3, -0.25) is 0 Å². The fraction of sp³-hybridized carbons (Fsp3) is 1.00. The van der Waals surface area contributed by atoms with Crippen LogP contribution < -0.4 is 0 Å². The molecule has 0 atom stereocenters. The van der Waals surface area contributed by atoms with Crippen LogP contribution in [-0.4, -0.2) is 27.7 Å². The Morgan fingerprint density at radius 3 is 1.67 bits per heavy atom. The van der Waals surface area contributed by atoms with Crippen molar-refractivity contribution in [1.29, 1.82) is 0 Å². The Morgan fingerprint density at radius 2 is 1.33 bits per heavy atom. The van der Waals surface area contributed by atoms with Gasteiger partial charge in [0.25, 0.3) is 0 Å². The normalized spacial score (nSPS) is 14.1. The second-order valence-electron chi connectivity index (χ2n) is 3.22. The first-order valence-corrected chi connectivity index (χ1v) is 6.05. The van der Waals surface area contributed by atoms with Gasteiger partial charge in [-0.05, 0) is 20.8 Å². The van der Waals surface area contributed by atoms with E-state index in [0.29, 0.717) is 0 Å². The second kappa shape index (κ2) is 4.69. The van der Waals surface area contributed by atoms with E-state index in [1.807, 2.05) is 0 Å². The van der Waals surface area contributed by atoms with Gasteiger partial charge >= 0.3 is 20.8 Å². The molecule has 0 aromatic rings. The lowest BCUT2D eigenvalue weighted by Crippen LogP contribution is -2.26. The third-order valence-electron chi connectivity index (χ3n) is 0.638. The van der Waals surface area contributed by atoms with Crippen LogP contribution in [0, 0.1) is 0 Å². The topological polar surface area (TPSA) is 125 Å². The highest BCUT2D eigenvalue weighted by atomic mass is 32.3. The summed E-state index contributed by atoms with van der Waals surface area (Å²) in [7, 11) is -9.61. The monoisotopic (exact) mass is 266 g/mol. The fourth-order valence-electron chi connectivity index (χ4n) is 0.401. The van der Waals surface area contributed by atoms with Crippen molar-refractivity contribution in [3.8, 4) is 0 Å². The second-order valence-corrected chi connectivity index (χ2v) is 5.44. The third-order valence-corrected chi connectivity index (χ3v) is 2.08. The molecule has 0 aromatic heterocycles. The zero-order chi connectivity index (χ0) is 12.3. The quantitative estimate of drug-likeness (QED) is 0.528. The average molecular weight is 266 g/mol. The summed E-state index contributed by atoms with van der Waals surface area (Å²) in [5, 5.41) is 7.69. The van der Waals surface area contributed by atoms with Crippen LogP contribution in [-0.2, 0) is 38.0 Å². The van der Waals surface area contributed by atoms with Crippen LogP contribution in [0.2, 0.25) is 0 Å². The van der Waals surface area contributed by atoms with Crippen LogP contribution in [0.15, 0.2) is 0 Å². The molecule has 0 heterocycles. The molecule has 9 nitrogen and oxygen atoms in total. The van der Waals surface area contributed by atoms with Gasteiger partial charge in [-0.1, -0.05) is 13.0 Å². The van der Waals surface area contributed by atoms with Crippen molar-refractivity contribution in [2.24, 2.45) is 0 Å². The van der Waals surface area contributed by atoms with E-state index < -0.39 is 26.4 Å². The summed E-state index contributed by atoms with van der Waals surface area (Å²) in [4.78, 5) is 0. The maximum Gasteiger partial charge on any atom is 0.454 e. The molecule has 0 radical (unpaired) electrons. The predicted octanol–water partition coefficient (Wildman–Crippen LogP) is -0.271. The molecule has 92 valence electrons. The van der Waals surface area contributed by atoms with Gasteiger partial charge in [0.2, 0.25) is 0 Å². The Kier molecular flexibility index (Phi) is 4.60. The molecule has 0 spiro atoms. The van der Waals surface area contributed by atoms with E-state index in [9.17, 15) is 16.8 Å². The molecule has 0 rings (SSSR count). The van der Waals surface area contributed by atoms with E-state index in [2.05, 4.69) is 17.2 Å². The Labute approximate surface area is 87.0 Å². The molecule has 0 fully saturated rings. The summed E-state index contributed by atoms with van der Waals surface area (Å²) in [6.07, 6.45) is 0. The van der Waals surface area contributed by atoms with Crippen molar-refractivity contribution < 1.29 is 39.3 Å². The first-order chi connectivity index (χ1) is 6.47. The van der Waals surface area contributed by atoms with Crippen molar-refractivity contribution in [1.82, 2.24) is 0 Å². The van der Waals surface area contributed by atoms with Crippen molar-refractivity contribution >= 4 is 20.8 Å². The lowest BCUT2D eigenvalue weighted by Gasteiger charge is -2.16. The van der Waals surface area contributed by atoms with Gasteiger partial charge in [-0.15, -0.1) is 0 Å². The van der Waals surface area contributed by atoms with Crippen molar-refractivity contribution in [2.45, 2.75) is 26.4 Å². The van der Waals surface area contributed by atoms with Crippen molar-refractivity contribution in [3.63, 3.8) is 0 Å². The minimum Gasteiger partial charge on any atom is -0.241 e. The molecular formula is C4H10O9S2. The van der Waals surface area contributed by atoms with Crippen LogP contribution in [0.25, 0.3) is 0 Å². The Bertz CT molecular complexity index is 384. The molecule has 0 amide bonds. The van der Waals surface area contributed by atoms with E-state index >= 15 is 0 Å². The lowest BCUT2D eigenvalue weighted by molar-refractivity contribution is -0.185. The summed E-state index contributed by atoms with van der Waals surface area (Å²) in [5.74, 6) is 0. The molecule has 0 aliphatic rings. The van der Waals surface area contributed by atoms with E-state index in [-0.39, 0.29) is 0 Å². The van der Waals surface area contributed by atoms with Gasteiger partial charge in [0, 0.05) is 0 Å². The molecular weight excluding hydrogens is 256 g/mol. The van der Waals surface area contributed by atoms with Gasteiger partial charge in [-0.25, -0.2) is 9.44 Å². The van der Waals surface area contributed by atoms with E-state index in [1.54, 1.807) is 0 Å². The molecule has 0 aliphatic heterocycles. The van der Waals surface area contributed by atoms with Crippen LogP contribution in [0.1, 0.15) is 20.8 Å². The molecule has 1 N–H and O–H groups in total. The highest BCUT2D eigenvalue weighted by Crippen LogP contribution is 2.13. The summed E-state index contributed by atoms with van der Waals surface area (Å²) >= 11 is 0. The predicted molar refractivity (Wildman–Crippen MR) is 44.6 cm³/mol. The smallest absolute Gasteiger partial charge is 0.241 e. The zero-order valence-corrected chi connectivity index (χ0v) is 9.66. The highest BCUT2D eigenvalue weighted by molar-refractivity contribution is 7.84. The molecule has 0 aliphatic carbocycles. The first-order valence-electron chi connectivity index (χ1n) is 3.39. The SMILES string of the molecule is CC(C)(C)OS(=O)(=O)OOS(=O)(=O)OO. The zero-order valence-electron chi connectivity index (χ0n) is 8.03. The van der Waals surface area contributed by atoms with Crippen LogP contribution in [0.4, 0.5) is 0 Å². The van der Waals surface area contributed by atoms with E-state index in [4.69, 9.17) is 5.26 Å². The number of rotatable bonds is 5. The molecule has 0 saturated heterocycles. The van der Waals surface area contributed by atoms with Gasteiger partial charge in [0.05, 0.1) is 5.60 Å². The van der Waals surface area contributed by atoms with Crippen molar-refractivity contribution in [2.75, 3.05) is 0 Å². The molecule has 0 bridgehead atoms. The third kappa shape index (κ3) is 7.61. The Balaban J connectivity index is 4.44. The summed E-state index contributed by atoms with van der Waals surface area (Å²) in [6.45, 7) is 4.14.